The van der Waals surface area contributed by atoms with E-state index in [1.807, 2.05) is 0 Å². The lowest BCUT2D eigenvalue weighted by Gasteiger charge is -2.25. The number of nitrogens with one attached hydrogen (secondary N) is 3. The first-order valence-electron chi connectivity index (χ1n) is 5.63. The minimum atomic E-state index is 0.622. The third kappa shape index (κ3) is 4.91. The van der Waals surface area contributed by atoms with E-state index < -0.39 is 0 Å². The summed E-state index contributed by atoms with van der Waals surface area (Å²) in [5.74, 6) is 0. The molecule has 0 radical (unpaired) electrons. The van der Waals surface area contributed by atoms with E-state index in [2.05, 4.69) is 34.8 Å². The van der Waals surface area contributed by atoms with Gasteiger partial charge in [0.15, 0.2) is 0 Å². The first kappa shape index (κ1) is 11.9. The number of hydrogen-bond acceptors (Lipinski definition) is 4. The maximum Gasteiger partial charge on any atom is 0.0189 e. The minimum Gasteiger partial charge on any atom is -0.314 e. The molecule has 84 valence electrons. The average Bonchev–Trinajstić information content (AvgIpc) is 2.18. The molecule has 0 saturated carbocycles. The Morgan fingerprint density at radius 1 is 0.929 bits per heavy atom. The van der Waals surface area contributed by atoms with E-state index in [9.17, 15) is 0 Å². The Balaban J connectivity index is 2.23. The van der Waals surface area contributed by atoms with E-state index >= 15 is 0 Å². The summed E-state index contributed by atoms with van der Waals surface area (Å²) in [6, 6.07) is 0.622. The quantitative estimate of drug-likeness (QED) is 0.473. The molecule has 0 aromatic carbocycles. The van der Waals surface area contributed by atoms with Crippen molar-refractivity contribution in [3.05, 3.63) is 0 Å². The maximum absolute atomic E-state index is 3.46. The van der Waals surface area contributed by atoms with E-state index in [-0.39, 0.29) is 0 Å². The highest BCUT2D eigenvalue weighted by Gasteiger charge is 2.07. The third-order valence-electron chi connectivity index (χ3n) is 2.79. The molecule has 0 aromatic rings. The summed E-state index contributed by atoms with van der Waals surface area (Å²) in [7, 11) is 2.19. The fraction of sp³-hybridized carbons (Fsp3) is 1.00. The van der Waals surface area contributed by atoms with Crippen LogP contribution in [-0.2, 0) is 0 Å². The van der Waals surface area contributed by atoms with Gasteiger partial charge in [-0.15, -0.1) is 0 Å². The summed E-state index contributed by atoms with van der Waals surface area (Å²) in [6.45, 7) is 9.84. The van der Waals surface area contributed by atoms with Gasteiger partial charge >= 0.3 is 0 Å². The first-order chi connectivity index (χ1) is 6.80. The molecule has 0 aliphatic carbocycles. The average molecular weight is 200 g/mol. The monoisotopic (exact) mass is 200 g/mol. The molecule has 1 rings (SSSR count). The molecular formula is C10H24N4. The summed E-state index contributed by atoms with van der Waals surface area (Å²) < 4.78 is 0. The summed E-state index contributed by atoms with van der Waals surface area (Å²) in [5.41, 5.74) is 0. The van der Waals surface area contributed by atoms with E-state index in [1.165, 1.54) is 0 Å². The Morgan fingerprint density at radius 3 is 2.21 bits per heavy atom. The third-order valence-corrected chi connectivity index (χ3v) is 2.79. The van der Waals surface area contributed by atoms with Gasteiger partial charge in [-0.05, 0) is 14.0 Å². The number of rotatable bonds is 0. The highest BCUT2D eigenvalue weighted by Crippen LogP contribution is 1.92. The van der Waals surface area contributed by atoms with Gasteiger partial charge in [0.25, 0.3) is 0 Å². The SMILES string of the molecule is CC1CNCCNCCNCCN1C. The molecule has 1 heterocycles. The van der Waals surface area contributed by atoms with Gasteiger partial charge in [0, 0.05) is 51.9 Å². The van der Waals surface area contributed by atoms with Gasteiger partial charge in [0.2, 0.25) is 0 Å². The predicted octanol–water partition coefficient (Wildman–Crippen LogP) is -0.911. The molecule has 1 aliphatic heterocycles. The minimum absolute atomic E-state index is 0.622. The molecule has 3 N–H and O–H groups in total. The molecule has 0 aromatic heterocycles. The Morgan fingerprint density at radius 2 is 1.50 bits per heavy atom. The lowest BCUT2D eigenvalue weighted by atomic mass is 10.3. The highest BCUT2D eigenvalue weighted by molar-refractivity contribution is 4.68. The second kappa shape index (κ2) is 7.17. The molecule has 1 atom stereocenters. The smallest absolute Gasteiger partial charge is 0.0189 e. The number of nitrogens with zero attached hydrogens (tertiary/aromatic N) is 1. The molecule has 1 fully saturated rings. The van der Waals surface area contributed by atoms with Crippen molar-refractivity contribution in [1.29, 1.82) is 0 Å². The van der Waals surface area contributed by atoms with Crippen molar-refractivity contribution in [1.82, 2.24) is 20.9 Å². The zero-order chi connectivity index (χ0) is 10.2. The maximum atomic E-state index is 3.46. The fourth-order valence-corrected chi connectivity index (χ4v) is 1.55. The van der Waals surface area contributed by atoms with Crippen LogP contribution in [0, 0.1) is 0 Å². The lowest BCUT2D eigenvalue weighted by molar-refractivity contribution is 0.249. The van der Waals surface area contributed by atoms with Crippen molar-refractivity contribution in [2.75, 3.05) is 52.9 Å². The van der Waals surface area contributed by atoms with Crippen LogP contribution in [0.3, 0.4) is 0 Å². The van der Waals surface area contributed by atoms with Crippen LogP contribution in [0.5, 0.6) is 0 Å². The van der Waals surface area contributed by atoms with Crippen molar-refractivity contribution in [3.8, 4) is 0 Å². The normalized spacial score (nSPS) is 29.1. The Kier molecular flexibility index (Phi) is 6.10. The molecule has 0 bridgehead atoms. The standard InChI is InChI=1S/C10H24N4/c1-10-9-13-6-5-11-3-4-12-7-8-14(10)2/h10-13H,3-9H2,1-2H3. The molecule has 4 nitrogen and oxygen atoms in total. The molecule has 0 spiro atoms. The first-order valence-corrected chi connectivity index (χ1v) is 5.63. The molecule has 1 aliphatic rings. The molecule has 0 amide bonds. The second-order valence-corrected chi connectivity index (χ2v) is 4.03. The van der Waals surface area contributed by atoms with Crippen LogP contribution in [0.25, 0.3) is 0 Å². The Labute approximate surface area is 87.4 Å². The second-order valence-electron chi connectivity index (χ2n) is 4.03. The summed E-state index contributed by atoms with van der Waals surface area (Å²) in [4.78, 5) is 2.40. The Bertz CT molecular complexity index is 124. The van der Waals surface area contributed by atoms with Gasteiger partial charge in [0.1, 0.15) is 0 Å². The predicted molar refractivity (Wildman–Crippen MR) is 60.7 cm³/mol. The molecule has 4 heteroatoms. The molecule has 1 unspecified atom stereocenters. The van der Waals surface area contributed by atoms with Crippen molar-refractivity contribution < 1.29 is 0 Å². The van der Waals surface area contributed by atoms with Gasteiger partial charge in [-0.1, -0.05) is 0 Å². The zero-order valence-corrected chi connectivity index (χ0v) is 9.47. The number of hydrogen-bond donors (Lipinski definition) is 3. The van der Waals surface area contributed by atoms with Crippen LogP contribution in [0.2, 0.25) is 0 Å². The van der Waals surface area contributed by atoms with Crippen LogP contribution in [0.1, 0.15) is 6.92 Å². The largest absolute Gasteiger partial charge is 0.314 e. The van der Waals surface area contributed by atoms with Gasteiger partial charge in [-0.2, -0.15) is 0 Å². The van der Waals surface area contributed by atoms with Gasteiger partial charge < -0.3 is 20.9 Å². The van der Waals surface area contributed by atoms with Crippen LogP contribution >= 0.6 is 0 Å². The van der Waals surface area contributed by atoms with Crippen molar-refractivity contribution in [3.63, 3.8) is 0 Å². The van der Waals surface area contributed by atoms with E-state index in [0.717, 1.165) is 45.8 Å². The summed E-state index contributed by atoms with van der Waals surface area (Å²) in [6.07, 6.45) is 0. The fourth-order valence-electron chi connectivity index (χ4n) is 1.55. The van der Waals surface area contributed by atoms with Crippen LogP contribution in [-0.4, -0.2) is 63.8 Å². The van der Waals surface area contributed by atoms with Crippen LogP contribution in [0.4, 0.5) is 0 Å². The zero-order valence-electron chi connectivity index (χ0n) is 9.47. The topological polar surface area (TPSA) is 39.3 Å². The molecule has 1 saturated heterocycles. The summed E-state index contributed by atoms with van der Waals surface area (Å²) >= 11 is 0. The van der Waals surface area contributed by atoms with E-state index in [1.54, 1.807) is 0 Å². The van der Waals surface area contributed by atoms with Crippen LogP contribution in [0.15, 0.2) is 0 Å². The van der Waals surface area contributed by atoms with E-state index in [0.29, 0.717) is 6.04 Å². The van der Waals surface area contributed by atoms with Crippen molar-refractivity contribution in [2.24, 2.45) is 0 Å². The molecule has 14 heavy (non-hydrogen) atoms. The summed E-state index contributed by atoms with van der Waals surface area (Å²) in [5, 5.41) is 10.3. The van der Waals surface area contributed by atoms with E-state index in [4.69, 9.17) is 0 Å². The van der Waals surface area contributed by atoms with Crippen molar-refractivity contribution >= 4 is 0 Å². The van der Waals surface area contributed by atoms with Gasteiger partial charge in [-0.3, -0.25) is 0 Å². The van der Waals surface area contributed by atoms with Gasteiger partial charge in [0.05, 0.1) is 0 Å². The lowest BCUT2D eigenvalue weighted by Crippen LogP contribution is -2.44. The number of likely N-dealkylation sites (N-methyl/N-ethyl adjacent to an activating group) is 1. The van der Waals surface area contributed by atoms with Gasteiger partial charge in [-0.25, -0.2) is 0 Å². The molecular weight excluding hydrogens is 176 g/mol. The highest BCUT2D eigenvalue weighted by atomic mass is 15.2. The Hall–Kier alpha value is -0.160. The van der Waals surface area contributed by atoms with Crippen LogP contribution < -0.4 is 16.0 Å². The van der Waals surface area contributed by atoms with Crippen molar-refractivity contribution in [2.45, 2.75) is 13.0 Å².